The van der Waals surface area contributed by atoms with E-state index in [9.17, 15) is 9.59 Å². The summed E-state index contributed by atoms with van der Waals surface area (Å²) in [6.45, 7) is 1.38. The maximum Gasteiger partial charge on any atom is 0.410 e. The van der Waals surface area contributed by atoms with Gasteiger partial charge in [0.05, 0.1) is 6.20 Å². The molecule has 0 atom stereocenters. The first-order chi connectivity index (χ1) is 12.2. The minimum absolute atomic E-state index is 0.0210. The maximum atomic E-state index is 12.1. The van der Waals surface area contributed by atoms with Crippen LogP contribution in [0.3, 0.4) is 0 Å². The normalized spacial score (nSPS) is 14.8. The van der Waals surface area contributed by atoms with Gasteiger partial charge in [-0.25, -0.2) is 9.78 Å². The Morgan fingerprint density at radius 3 is 2.60 bits per heavy atom. The first kappa shape index (κ1) is 16.9. The molecule has 1 saturated heterocycles. The van der Waals surface area contributed by atoms with Crippen LogP contribution >= 0.6 is 0 Å². The topological polar surface area (TPSA) is 84.4 Å². The summed E-state index contributed by atoms with van der Waals surface area (Å²) in [5.74, 6) is -0.238. The van der Waals surface area contributed by atoms with Crippen molar-refractivity contribution < 1.29 is 14.3 Å². The molecule has 1 aliphatic rings. The largest absolute Gasteiger partial charge is 0.445 e. The molecule has 1 aromatic carbocycles. The molecule has 0 radical (unpaired) electrons. The van der Waals surface area contributed by atoms with Crippen LogP contribution in [0, 0.1) is 0 Å². The zero-order valence-electron chi connectivity index (χ0n) is 13.8. The Morgan fingerprint density at radius 1 is 1.16 bits per heavy atom. The van der Waals surface area contributed by atoms with E-state index in [1.165, 1.54) is 18.6 Å². The molecule has 2 amide bonds. The minimum Gasteiger partial charge on any atom is -0.445 e. The highest BCUT2D eigenvalue weighted by molar-refractivity contribution is 5.92. The number of ether oxygens (including phenoxy) is 1. The first-order valence-electron chi connectivity index (χ1n) is 8.25. The van der Waals surface area contributed by atoms with Gasteiger partial charge in [0, 0.05) is 31.5 Å². The zero-order valence-corrected chi connectivity index (χ0v) is 13.8. The molecule has 7 nitrogen and oxygen atoms in total. The van der Waals surface area contributed by atoms with Gasteiger partial charge in [0.2, 0.25) is 0 Å². The second kappa shape index (κ2) is 8.23. The molecule has 1 aromatic heterocycles. The summed E-state index contributed by atoms with van der Waals surface area (Å²) < 4.78 is 5.33. The molecule has 25 heavy (non-hydrogen) atoms. The van der Waals surface area contributed by atoms with E-state index in [-0.39, 0.29) is 24.6 Å². The molecule has 1 N–H and O–H groups in total. The van der Waals surface area contributed by atoms with Crippen LogP contribution in [-0.4, -0.2) is 46.0 Å². The Labute approximate surface area is 146 Å². The Hall–Kier alpha value is -2.96. The van der Waals surface area contributed by atoms with E-state index in [1.54, 1.807) is 4.90 Å². The van der Waals surface area contributed by atoms with Gasteiger partial charge in [0.1, 0.15) is 12.3 Å². The number of aromatic nitrogens is 2. The predicted octanol–water partition coefficient (Wildman–Crippen LogP) is 2.01. The zero-order chi connectivity index (χ0) is 17.5. The van der Waals surface area contributed by atoms with Crippen molar-refractivity contribution in [3.63, 3.8) is 0 Å². The van der Waals surface area contributed by atoms with E-state index in [0.29, 0.717) is 31.6 Å². The molecule has 7 heteroatoms. The summed E-state index contributed by atoms with van der Waals surface area (Å²) in [6, 6.07) is 9.60. The molecule has 0 unspecified atom stereocenters. The van der Waals surface area contributed by atoms with Crippen molar-refractivity contribution in [3.05, 3.63) is 60.2 Å². The maximum absolute atomic E-state index is 12.1. The van der Waals surface area contributed by atoms with Crippen LogP contribution in [0.2, 0.25) is 0 Å². The quantitative estimate of drug-likeness (QED) is 0.920. The average molecular weight is 340 g/mol. The molecular formula is C18H20N4O3. The fourth-order valence-corrected chi connectivity index (χ4v) is 2.69. The van der Waals surface area contributed by atoms with E-state index in [0.717, 1.165) is 5.56 Å². The van der Waals surface area contributed by atoms with Crippen LogP contribution in [0.15, 0.2) is 48.9 Å². The summed E-state index contributed by atoms with van der Waals surface area (Å²) in [4.78, 5) is 33.7. The fraction of sp³-hybridized carbons (Fsp3) is 0.333. The van der Waals surface area contributed by atoms with Gasteiger partial charge >= 0.3 is 6.09 Å². The molecule has 2 heterocycles. The number of nitrogens with zero attached hydrogens (tertiary/aromatic N) is 3. The molecule has 0 bridgehead atoms. The highest BCUT2D eigenvalue weighted by Crippen LogP contribution is 2.13. The van der Waals surface area contributed by atoms with Crippen LogP contribution in [0.1, 0.15) is 28.9 Å². The van der Waals surface area contributed by atoms with Gasteiger partial charge in [-0.2, -0.15) is 0 Å². The third-order valence-corrected chi connectivity index (χ3v) is 4.09. The minimum atomic E-state index is -0.317. The van der Waals surface area contributed by atoms with Crippen LogP contribution < -0.4 is 5.32 Å². The van der Waals surface area contributed by atoms with Crippen molar-refractivity contribution in [1.29, 1.82) is 0 Å². The van der Waals surface area contributed by atoms with Crippen LogP contribution in [0.5, 0.6) is 0 Å². The van der Waals surface area contributed by atoms with E-state index < -0.39 is 0 Å². The molecule has 1 fully saturated rings. The van der Waals surface area contributed by atoms with E-state index in [1.807, 2.05) is 30.3 Å². The Morgan fingerprint density at radius 2 is 1.92 bits per heavy atom. The summed E-state index contributed by atoms with van der Waals surface area (Å²) in [5.41, 5.74) is 1.26. The predicted molar refractivity (Wildman–Crippen MR) is 90.7 cm³/mol. The number of nitrogens with one attached hydrogen (secondary N) is 1. The smallest absolute Gasteiger partial charge is 0.410 e. The molecule has 0 spiro atoms. The number of benzene rings is 1. The lowest BCUT2D eigenvalue weighted by atomic mass is 10.1. The Kier molecular flexibility index (Phi) is 5.56. The first-order valence-corrected chi connectivity index (χ1v) is 8.25. The van der Waals surface area contributed by atoms with Gasteiger partial charge in [-0.15, -0.1) is 0 Å². The van der Waals surface area contributed by atoms with Crippen molar-refractivity contribution in [3.8, 4) is 0 Å². The van der Waals surface area contributed by atoms with Gasteiger partial charge in [0.15, 0.2) is 0 Å². The van der Waals surface area contributed by atoms with Gasteiger partial charge < -0.3 is 15.0 Å². The number of carbonyl (C=O) groups excluding carboxylic acids is 2. The van der Waals surface area contributed by atoms with Crippen LogP contribution in [-0.2, 0) is 11.3 Å². The van der Waals surface area contributed by atoms with Crippen molar-refractivity contribution in [1.82, 2.24) is 20.2 Å². The summed E-state index contributed by atoms with van der Waals surface area (Å²) in [6.07, 6.45) is 5.50. The third kappa shape index (κ3) is 4.76. The molecular weight excluding hydrogens is 320 g/mol. The Bertz CT molecular complexity index is 701. The van der Waals surface area contributed by atoms with E-state index in [4.69, 9.17) is 4.74 Å². The molecule has 1 aliphatic heterocycles. The summed E-state index contributed by atoms with van der Waals surface area (Å²) in [5, 5.41) is 2.93. The lowest BCUT2D eigenvalue weighted by Crippen LogP contribution is -2.46. The number of hydrogen-bond acceptors (Lipinski definition) is 5. The standard InChI is InChI=1S/C18H20N4O3/c23-17(16-12-19-8-9-20-16)21-15-6-10-22(11-7-15)18(24)25-13-14-4-2-1-3-5-14/h1-5,8-9,12,15H,6-7,10-11,13H2,(H,21,23). The number of piperidine rings is 1. The van der Waals surface area contributed by atoms with Gasteiger partial charge in [-0.3, -0.25) is 9.78 Å². The van der Waals surface area contributed by atoms with Crippen molar-refractivity contribution in [2.75, 3.05) is 13.1 Å². The van der Waals surface area contributed by atoms with Crippen LogP contribution in [0.4, 0.5) is 4.79 Å². The number of hydrogen-bond donors (Lipinski definition) is 1. The molecule has 0 saturated carbocycles. The van der Waals surface area contributed by atoms with Crippen molar-refractivity contribution in [2.45, 2.75) is 25.5 Å². The highest BCUT2D eigenvalue weighted by atomic mass is 16.6. The number of rotatable bonds is 4. The fourth-order valence-electron chi connectivity index (χ4n) is 2.69. The highest BCUT2D eigenvalue weighted by Gasteiger charge is 2.25. The molecule has 0 aliphatic carbocycles. The van der Waals surface area contributed by atoms with Gasteiger partial charge in [-0.1, -0.05) is 30.3 Å². The number of likely N-dealkylation sites (tertiary alicyclic amines) is 1. The molecule has 2 aromatic rings. The second-order valence-electron chi connectivity index (χ2n) is 5.87. The van der Waals surface area contributed by atoms with Crippen molar-refractivity contribution in [2.24, 2.45) is 0 Å². The monoisotopic (exact) mass is 340 g/mol. The number of amides is 2. The van der Waals surface area contributed by atoms with E-state index >= 15 is 0 Å². The van der Waals surface area contributed by atoms with Gasteiger partial charge in [0.25, 0.3) is 5.91 Å². The average Bonchev–Trinajstić information content (AvgIpc) is 2.68. The Balaban J connectivity index is 1.42. The molecule has 3 rings (SSSR count). The van der Waals surface area contributed by atoms with Gasteiger partial charge in [-0.05, 0) is 18.4 Å². The lowest BCUT2D eigenvalue weighted by Gasteiger charge is -2.31. The van der Waals surface area contributed by atoms with Crippen LogP contribution in [0.25, 0.3) is 0 Å². The van der Waals surface area contributed by atoms with Crippen molar-refractivity contribution >= 4 is 12.0 Å². The lowest BCUT2D eigenvalue weighted by molar-refractivity contribution is 0.0807. The SMILES string of the molecule is O=C(NC1CCN(C(=O)OCc2ccccc2)CC1)c1cnccn1. The number of carbonyl (C=O) groups is 2. The van der Waals surface area contributed by atoms with E-state index in [2.05, 4.69) is 15.3 Å². The summed E-state index contributed by atoms with van der Waals surface area (Å²) in [7, 11) is 0. The third-order valence-electron chi connectivity index (χ3n) is 4.09. The second-order valence-corrected chi connectivity index (χ2v) is 5.87. The summed E-state index contributed by atoms with van der Waals surface area (Å²) >= 11 is 0. The molecule has 130 valence electrons.